The number of imidazole rings is 1. The first-order valence-electron chi connectivity index (χ1n) is 10.4. The molecule has 0 atom stereocenters. The van der Waals surface area contributed by atoms with E-state index in [-0.39, 0.29) is 40.3 Å². The van der Waals surface area contributed by atoms with Gasteiger partial charge in [0.2, 0.25) is 0 Å². The van der Waals surface area contributed by atoms with Crippen LogP contribution in [0, 0.1) is 0 Å². The number of hydrogen-bond acceptors (Lipinski definition) is 5. The van der Waals surface area contributed by atoms with Gasteiger partial charge in [-0.1, -0.05) is 61.3 Å². The molecule has 2 aromatic heterocycles. The molecule has 2 aromatic carbocycles. The third kappa shape index (κ3) is 5.36. The molecule has 0 amide bonds. The first-order valence-corrected chi connectivity index (χ1v) is 10.8. The molecule has 0 fully saturated rings. The molecule has 0 spiro atoms. The van der Waals surface area contributed by atoms with Crippen LogP contribution < -0.4 is 34.7 Å². The number of halogens is 1. The minimum atomic E-state index is -1.23. The van der Waals surface area contributed by atoms with Crippen LogP contribution in [0.4, 0.5) is 0 Å². The van der Waals surface area contributed by atoms with Gasteiger partial charge in [0.15, 0.2) is 11.4 Å². The first-order chi connectivity index (χ1) is 15.5. The number of carbonyl (C=O) groups excluding carboxylic acids is 2. The molecule has 0 N–H and O–H groups in total. The van der Waals surface area contributed by atoms with Gasteiger partial charge in [0, 0.05) is 29.5 Å². The number of rotatable bonds is 8. The minimum absolute atomic E-state index is 0. The van der Waals surface area contributed by atoms with Gasteiger partial charge in [-0.05, 0) is 30.2 Å². The Morgan fingerprint density at radius 2 is 1.91 bits per heavy atom. The smallest absolute Gasteiger partial charge is 0.545 e. The molecule has 0 unspecified atom stereocenters. The summed E-state index contributed by atoms with van der Waals surface area (Å²) in [6, 6.07) is 16.2. The van der Waals surface area contributed by atoms with Gasteiger partial charge in [0.05, 0.1) is 17.2 Å². The zero-order valence-corrected chi connectivity index (χ0v) is 21.3. The quantitative estimate of drug-likeness (QED) is 0.287. The molecule has 8 heteroatoms. The largest absolute Gasteiger partial charge is 1.00 e. The second-order valence-corrected chi connectivity index (χ2v) is 7.93. The topological polar surface area (TPSA) is 87.9 Å². The van der Waals surface area contributed by atoms with Crippen molar-refractivity contribution in [2.75, 3.05) is 0 Å². The maximum Gasteiger partial charge on any atom is 1.00 e. The van der Waals surface area contributed by atoms with Gasteiger partial charge in [-0.15, -0.1) is 0 Å². The molecule has 6 nitrogen and oxygen atoms in total. The Hall–Kier alpha value is -2.51. The van der Waals surface area contributed by atoms with Gasteiger partial charge >= 0.3 is 29.6 Å². The van der Waals surface area contributed by atoms with Crippen LogP contribution >= 0.6 is 11.6 Å². The summed E-state index contributed by atoms with van der Waals surface area (Å²) in [5, 5.41) is 12.6. The molecule has 0 saturated heterocycles. The van der Waals surface area contributed by atoms with Crippen molar-refractivity contribution in [1.82, 2.24) is 14.5 Å². The van der Waals surface area contributed by atoms with E-state index in [1.807, 2.05) is 28.8 Å². The summed E-state index contributed by atoms with van der Waals surface area (Å²) in [6.07, 6.45) is 3.48. The summed E-state index contributed by atoms with van der Waals surface area (Å²) in [6.45, 7) is 2.57. The monoisotopic (exact) mass is 469 g/mol. The number of nitrogens with zero attached hydrogens (tertiary/aromatic N) is 3. The Bertz CT molecular complexity index is 1320. The third-order valence-electron chi connectivity index (χ3n) is 5.42. The normalized spacial score (nSPS) is 10.7. The number of benzene rings is 2. The van der Waals surface area contributed by atoms with Gasteiger partial charge in [-0.2, -0.15) is 0 Å². The van der Waals surface area contributed by atoms with Gasteiger partial charge in [0.1, 0.15) is 11.5 Å². The molecule has 0 aliphatic rings. The Morgan fingerprint density at radius 1 is 1.12 bits per heavy atom. The molecular weight excluding hydrogens is 449 g/mol. The number of pyridine rings is 1. The van der Waals surface area contributed by atoms with E-state index in [0.29, 0.717) is 23.5 Å². The van der Waals surface area contributed by atoms with E-state index in [2.05, 4.69) is 16.9 Å². The van der Waals surface area contributed by atoms with E-state index in [9.17, 15) is 14.7 Å². The summed E-state index contributed by atoms with van der Waals surface area (Å²) >= 11 is 6.18. The third-order valence-corrected chi connectivity index (χ3v) is 5.70. The second-order valence-electron chi connectivity index (χ2n) is 7.57. The summed E-state index contributed by atoms with van der Waals surface area (Å²) in [5.74, 6) is -0.437. The van der Waals surface area contributed by atoms with E-state index >= 15 is 0 Å². The van der Waals surface area contributed by atoms with E-state index < -0.39 is 5.97 Å². The van der Waals surface area contributed by atoms with Crippen molar-refractivity contribution in [2.45, 2.75) is 32.7 Å². The number of hydrogen-bond donors (Lipinski definition) is 0. The number of aromatic carboxylic acids is 1. The predicted octanol–water partition coefficient (Wildman–Crippen LogP) is 1.32. The Balaban J connectivity index is 0.00000306. The zero-order chi connectivity index (χ0) is 22.7. The molecule has 0 saturated carbocycles. The van der Waals surface area contributed by atoms with Crippen molar-refractivity contribution in [3.8, 4) is 11.3 Å². The summed E-state index contributed by atoms with van der Waals surface area (Å²) < 4.78 is 1.87. The van der Waals surface area contributed by atoms with Crippen molar-refractivity contribution >= 4 is 34.8 Å². The Morgan fingerprint density at radius 3 is 2.64 bits per heavy atom. The molecule has 4 aromatic rings. The van der Waals surface area contributed by atoms with E-state index in [1.54, 1.807) is 24.3 Å². The maximum atomic E-state index is 11.6. The van der Waals surface area contributed by atoms with Crippen LogP contribution in [0.1, 0.15) is 52.0 Å². The van der Waals surface area contributed by atoms with Crippen molar-refractivity contribution in [1.29, 1.82) is 0 Å². The number of carboxylic acids is 1. The molecule has 4 rings (SSSR count). The number of aryl methyl sites for hydroxylation is 1. The van der Waals surface area contributed by atoms with Crippen molar-refractivity contribution in [2.24, 2.45) is 0 Å². The molecule has 33 heavy (non-hydrogen) atoms. The molecular formula is C25H21ClN3NaO3. The van der Waals surface area contributed by atoms with Crippen LogP contribution in [0.2, 0.25) is 5.15 Å². The van der Waals surface area contributed by atoms with Crippen molar-refractivity contribution in [3.63, 3.8) is 0 Å². The molecule has 2 heterocycles. The Kier molecular flexibility index (Phi) is 8.43. The number of aldehydes is 1. The van der Waals surface area contributed by atoms with E-state index in [4.69, 9.17) is 11.6 Å². The molecule has 0 aliphatic carbocycles. The molecule has 0 aliphatic heterocycles. The fraction of sp³-hybridized carbons (Fsp3) is 0.200. The SMILES string of the molecule is CCCCc1nc(Cl)c(C=O)n1Cc1ccc2nc(-c3ccccc3C(=O)[O-])ccc2c1.[Na+]. The fourth-order valence-electron chi connectivity index (χ4n) is 3.79. The van der Waals surface area contributed by atoms with Crippen LogP contribution in [0.3, 0.4) is 0 Å². The number of carboxylic acid groups (broad SMARTS) is 1. The standard InChI is InChI=1S/C25H22ClN3O3.Na/c1-2-3-8-23-28-24(26)22(15-30)29(23)14-16-9-11-20-17(13-16)10-12-21(27-20)18-6-4-5-7-19(18)25(31)32;/h4-7,9-13,15H,2-3,8,14H2,1H3,(H,31,32);/q;+1/p-1. The van der Waals surface area contributed by atoms with E-state index in [1.165, 1.54) is 6.07 Å². The van der Waals surface area contributed by atoms with Crippen LogP contribution in [-0.2, 0) is 13.0 Å². The van der Waals surface area contributed by atoms with E-state index in [0.717, 1.165) is 47.8 Å². The summed E-state index contributed by atoms with van der Waals surface area (Å²) in [5.41, 5.74) is 3.29. The van der Waals surface area contributed by atoms with Gasteiger partial charge in [0.25, 0.3) is 0 Å². The minimum Gasteiger partial charge on any atom is -0.545 e. The maximum absolute atomic E-state index is 11.6. The molecule has 0 bridgehead atoms. The van der Waals surface area contributed by atoms with Crippen molar-refractivity contribution in [3.05, 3.63) is 82.4 Å². The molecule has 0 radical (unpaired) electrons. The van der Waals surface area contributed by atoms with Crippen LogP contribution in [0.5, 0.6) is 0 Å². The summed E-state index contributed by atoms with van der Waals surface area (Å²) in [4.78, 5) is 32.0. The Labute approximate surface area is 218 Å². The predicted molar refractivity (Wildman–Crippen MR) is 122 cm³/mol. The zero-order valence-electron chi connectivity index (χ0n) is 18.5. The second kappa shape index (κ2) is 11.1. The average Bonchev–Trinajstić information content (AvgIpc) is 3.10. The van der Waals surface area contributed by atoms with Gasteiger partial charge in [-0.25, -0.2) is 9.97 Å². The van der Waals surface area contributed by atoms with Gasteiger partial charge < -0.3 is 14.5 Å². The summed E-state index contributed by atoms with van der Waals surface area (Å²) in [7, 11) is 0. The van der Waals surface area contributed by atoms with Crippen LogP contribution in [0.25, 0.3) is 22.2 Å². The first kappa shape index (κ1) is 25.1. The van der Waals surface area contributed by atoms with Crippen LogP contribution in [-0.4, -0.2) is 26.8 Å². The van der Waals surface area contributed by atoms with Gasteiger partial charge in [-0.3, -0.25) is 4.79 Å². The van der Waals surface area contributed by atoms with Crippen LogP contribution in [0.15, 0.2) is 54.6 Å². The van der Waals surface area contributed by atoms with Crippen molar-refractivity contribution < 1.29 is 44.3 Å². The molecule has 162 valence electrons. The fourth-order valence-corrected chi connectivity index (χ4v) is 4.03. The number of fused-ring (bicyclic) bond motifs is 1. The average molecular weight is 470 g/mol. The number of carbonyl (C=O) groups is 2. The number of unbranched alkanes of at least 4 members (excludes halogenated alkanes) is 1. The number of aromatic nitrogens is 3.